The first kappa shape index (κ1) is 17.4. The van der Waals surface area contributed by atoms with Gasteiger partial charge in [0.2, 0.25) is 5.91 Å². The Morgan fingerprint density at radius 1 is 1.26 bits per heavy atom. The van der Waals surface area contributed by atoms with Gasteiger partial charge in [-0.3, -0.25) is 9.59 Å². The first-order valence-corrected chi connectivity index (χ1v) is 7.90. The number of amides is 1. The van der Waals surface area contributed by atoms with Crippen LogP contribution in [0.4, 0.5) is 8.78 Å². The van der Waals surface area contributed by atoms with E-state index >= 15 is 0 Å². The zero-order chi connectivity index (χ0) is 16.8. The standard InChI is InChI=1S/C17H21F2NO3/c18-14-5-1-4-13(17(14)19)7-8-15(21)20-10-2-3-12(11-20)6-9-16(22)23/h1,4-5,12H,2-3,6-11H2,(H,22,23)/t12-/m1/s1. The number of aliphatic carboxylic acids is 1. The van der Waals surface area contributed by atoms with Crippen LogP contribution >= 0.6 is 0 Å². The molecule has 0 saturated carbocycles. The van der Waals surface area contributed by atoms with Crippen molar-refractivity contribution in [3.63, 3.8) is 0 Å². The first-order valence-electron chi connectivity index (χ1n) is 7.90. The van der Waals surface area contributed by atoms with Crippen molar-refractivity contribution in [3.05, 3.63) is 35.4 Å². The Hall–Kier alpha value is -1.98. The number of carboxylic acid groups (broad SMARTS) is 1. The summed E-state index contributed by atoms with van der Waals surface area (Å²) in [5.41, 5.74) is 0.206. The van der Waals surface area contributed by atoms with Crippen LogP contribution in [0, 0.1) is 17.6 Å². The first-order chi connectivity index (χ1) is 11.0. The molecule has 1 aromatic rings. The van der Waals surface area contributed by atoms with E-state index < -0.39 is 17.6 Å². The predicted molar refractivity (Wildman–Crippen MR) is 80.9 cm³/mol. The molecule has 23 heavy (non-hydrogen) atoms. The molecule has 0 spiro atoms. The van der Waals surface area contributed by atoms with E-state index in [2.05, 4.69) is 0 Å². The van der Waals surface area contributed by atoms with Crippen molar-refractivity contribution in [2.45, 2.75) is 38.5 Å². The van der Waals surface area contributed by atoms with Crippen molar-refractivity contribution in [1.82, 2.24) is 4.90 Å². The lowest BCUT2D eigenvalue weighted by Crippen LogP contribution is -2.40. The van der Waals surface area contributed by atoms with Crippen molar-refractivity contribution in [1.29, 1.82) is 0 Å². The summed E-state index contributed by atoms with van der Waals surface area (Å²) >= 11 is 0. The summed E-state index contributed by atoms with van der Waals surface area (Å²) in [5.74, 6) is -2.50. The summed E-state index contributed by atoms with van der Waals surface area (Å²) in [6.45, 7) is 1.20. The summed E-state index contributed by atoms with van der Waals surface area (Å²) in [4.78, 5) is 24.6. The van der Waals surface area contributed by atoms with Crippen LogP contribution in [0.15, 0.2) is 18.2 Å². The predicted octanol–water partition coefficient (Wildman–Crippen LogP) is 3.00. The molecule has 0 radical (unpaired) electrons. The molecule has 1 aliphatic heterocycles. The Labute approximate surface area is 134 Å². The van der Waals surface area contributed by atoms with Crippen LogP contribution in [-0.2, 0) is 16.0 Å². The number of nitrogens with zero attached hydrogens (tertiary/aromatic N) is 1. The second-order valence-corrected chi connectivity index (χ2v) is 5.99. The minimum Gasteiger partial charge on any atom is -0.481 e. The van der Waals surface area contributed by atoms with Crippen molar-refractivity contribution < 1.29 is 23.5 Å². The van der Waals surface area contributed by atoms with E-state index in [1.807, 2.05) is 0 Å². The topological polar surface area (TPSA) is 57.6 Å². The van der Waals surface area contributed by atoms with Gasteiger partial charge in [-0.15, -0.1) is 0 Å². The molecular weight excluding hydrogens is 304 g/mol. The zero-order valence-electron chi connectivity index (χ0n) is 12.9. The Morgan fingerprint density at radius 3 is 2.78 bits per heavy atom. The van der Waals surface area contributed by atoms with Gasteiger partial charge in [-0.1, -0.05) is 12.1 Å². The molecule has 1 saturated heterocycles. The van der Waals surface area contributed by atoms with Gasteiger partial charge >= 0.3 is 5.97 Å². The molecule has 0 aliphatic carbocycles. The van der Waals surface area contributed by atoms with Crippen molar-refractivity contribution >= 4 is 11.9 Å². The maximum Gasteiger partial charge on any atom is 0.303 e. The Bertz CT molecular complexity index is 577. The van der Waals surface area contributed by atoms with Gasteiger partial charge in [-0.2, -0.15) is 0 Å². The fraction of sp³-hybridized carbons (Fsp3) is 0.529. The molecule has 1 aromatic carbocycles. The molecule has 1 heterocycles. The van der Waals surface area contributed by atoms with E-state index in [9.17, 15) is 18.4 Å². The van der Waals surface area contributed by atoms with Crippen LogP contribution in [0.1, 0.15) is 37.7 Å². The molecule has 1 atom stereocenters. The number of halogens is 2. The molecular formula is C17H21F2NO3. The zero-order valence-corrected chi connectivity index (χ0v) is 12.9. The minimum atomic E-state index is -0.901. The molecule has 1 aliphatic rings. The van der Waals surface area contributed by atoms with Crippen LogP contribution in [0.2, 0.25) is 0 Å². The lowest BCUT2D eigenvalue weighted by Gasteiger charge is -2.32. The van der Waals surface area contributed by atoms with Crippen LogP contribution in [0.5, 0.6) is 0 Å². The van der Waals surface area contributed by atoms with Gasteiger partial charge in [-0.05, 0) is 43.2 Å². The number of hydrogen-bond donors (Lipinski definition) is 1. The van der Waals surface area contributed by atoms with Gasteiger partial charge in [0, 0.05) is 25.9 Å². The van der Waals surface area contributed by atoms with Gasteiger partial charge in [0.05, 0.1) is 0 Å². The van der Waals surface area contributed by atoms with E-state index in [0.29, 0.717) is 19.5 Å². The summed E-state index contributed by atoms with van der Waals surface area (Å²) in [7, 11) is 0. The molecule has 126 valence electrons. The monoisotopic (exact) mass is 325 g/mol. The number of rotatable bonds is 6. The number of hydrogen-bond acceptors (Lipinski definition) is 2. The Morgan fingerprint density at radius 2 is 2.04 bits per heavy atom. The second kappa shape index (κ2) is 8.04. The van der Waals surface area contributed by atoms with Gasteiger partial charge in [0.1, 0.15) is 0 Å². The molecule has 1 N–H and O–H groups in total. The largest absolute Gasteiger partial charge is 0.481 e. The molecule has 1 amide bonds. The smallest absolute Gasteiger partial charge is 0.303 e. The number of carboxylic acids is 1. The summed E-state index contributed by atoms with van der Waals surface area (Å²) < 4.78 is 26.7. The van der Waals surface area contributed by atoms with E-state index in [-0.39, 0.29) is 36.7 Å². The number of aryl methyl sites for hydroxylation is 1. The maximum absolute atomic E-state index is 13.6. The number of carbonyl (C=O) groups excluding carboxylic acids is 1. The molecule has 2 rings (SSSR count). The van der Waals surface area contributed by atoms with Gasteiger partial charge < -0.3 is 10.0 Å². The van der Waals surface area contributed by atoms with Crippen molar-refractivity contribution in [2.75, 3.05) is 13.1 Å². The number of likely N-dealkylation sites (tertiary alicyclic amines) is 1. The van der Waals surface area contributed by atoms with E-state index in [1.165, 1.54) is 12.1 Å². The van der Waals surface area contributed by atoms with Crippen LogP contribution < -0.4 is 0 Å². The number of benzene rings is 1. The average molecular weight is 325 g/mol. The minimum absolute atomic E-state index is 0.0892. The third-order valence-corrected chi connectivity index (χ3v) is 4.28. The summed E-state index contributed by atoms with van der Waals surface area (Å²) in [6, 6.07) is 3.97. The highest BCUT2D eigenvalue weighted by Gasteiger charge is 2.24. The quantitative estimate of drug-likeness (QED) is 0.875. The van der Waals surface area contributed by atoms with Gasteiger partial charge in [0.15, 0.2) is 11.6 Å². The summed E-state index contributed by atoms with van der Waals surface area (Å²) in [5, 5.41) is 8.73. The Balaban J connectivity index is 1.85. The number of carbonyl (C=O) groups is 2. The Kier molecular flexibility index (Phi) is 6.07. The maximum atomic E-state index is 13.6. The highest BCUT2D eigenvalue weighted by molar-refractivity contribution is 5.76. The fourth-order valence-electron chi connectivity index (χ4n) is 3.00. The van der Waals surface area contributed by atoms with E-state index in [0.717, 1.165) is 18.9 Å². The van der Waals surface area contributed by atoms with Crippen molar-refractivity contribution in [2.24, 2.45) is 5.92 Å². The molecule has 0 bridgehead atoms. The molecule has 1 fully saturated rings. The SMILES string of the molecule is O=C(O)CC[C@H]1CCCN(C(=O)CCc2cccc(F)c2F)C1. The summed E-state index contributed by atoms with van der Waals surface area (Å²) in [6.07, 6.45) is 2.75. The fourth-order valence-corrected chi connectivity index (χ4v) is 3.00. The molecule has 0 unspecified atom stereocenters. The second-order valence-electron chi connectivity index (χ2n) is 5.99. The normalized spacial score (nSPS) is 18.0. The van der Waals surface area contributed by atoms with Crippen LogP contribution in [-0.4, -0.2) is 35.0 Å². The highest BCUT2D eigenvalue weighted by atomic mass is 19.2. The lowest BCUT2D eigenvalue weighted by molar-refractivity contribution is -0.137. The van der Waals surface area contributed by atoms with E-state index in [1.54, 1.807) is 4.90 Å². The lowest BCUT2D eigenvalue weighted by atomic mass is 9.93. The number of piperidine rings is 1. The van der Waals surface area contributed by atoms with Crippen LogP contribution in [0.25, 0.3) is 0 Å². The highest BCUT2D eigenvalue weighted by Crippen LogP contribution is 2.22. The third kappa shape index (κ3) is 5.01. The van der Waals surface area contributed by atoms with Crippen LogP contribution in [0.3, 0.4) is 0 Å². The van der Waals surface area contributed by atoms with Gasteiger partial charge in [0.25, 0.3) is 0 Å². The van der Waals surface area contributed by atoms with Gasteiger partial charge in [-0.25, -0.2) is 8.78 Å². The molecule has 0 aromatic heterocycles. The molecule has 6 heteroatoms. The van der Waals surface area contributed by atoms with Crippen molar-refractivity contribution in [3.8, 4) is 0 Å². The average Bonchev–Trinajstić information content (AvgIpc) is 2.54. The third-order valence-electron chi connectivity index (χ3n) is 4.28. The molecule has 4 nitrogen and oxygen atoms in total. The van der Waals surface area contributed by atoms with E-state index in [4.69, 9.17) is 5.11 Å².